The molecule has 29 heavy (non-hydrogen) atoms. The number of anilines is 1. The first kappa shape index (κ1) is 21.2. The zero-order chi connectivity index (χ0) is 21.0. The Morgan fingerprint density at radius 1 is 1.14 bits per heavy atom. The number of thiazole rings is 1. The van der Waals surface area contributed by atoms with Crippen LogP contribution in [0.4, 0.5) is 5.69 Å². The molecule has 0 fully saturated rings. The van der Waals surface area contributed by atoms with Gasteiger partial charge in [0, 0.05) is 23.2 Å². The lowest BCUT2D eigenvalue weighted by atomic mass is 10.1. The molecule has 0 saturated heterocycles. The third-order valence-corrected chi connectivity index (χ3v) is 7.10. The summed E-state index contributed by atoms with van der Waals surface area (Å²) in [4.78, 5) is 17.2. The van der Waals surface area contributed by atoms with Gasteiger partial charge in [-0.1, -0.05) is 36.8 Å². The molecule has 0 aliphatic carbocycles. The van der Waals surface area contributed by atoms with Crippen molar-refractivity contribution in [2.75, 3.05) is 18.4 Å². The first-order valence-corrected chi connectivity index (χ1v) is 11.5. The van der Waals surface area contributed by atoms with Crippen LogP contribution >= 0.6 is 11.3 Å². The van der Waals surface area contributed by atoms with Crippen molar-refractivity contribution in [3.8, 4) is 11.3 Å². The number of carbonyl (C=O) groups excluding carboxylic acids is 1. The minimum atomic E-state index is -3.74. The highest BCUT2D eigenvalue weighted by Crippen LogP contribution is 2.24. The highest BCUT2D eigenvalue weighted by Gasteiger charge is 2.25. The van der Waals surface area contributed by atoms with Crippen LogP contribution in [-0.2, 0) is 14.8 Å². The average Bonchev–Trinajstić information content (AvgIpc) is 3.13. The van der Waals surface area contributed by atoms with Crippen molar-refractivity contribution in [1.29, 1.82) is 0 Å². The summed E-state index contributed by atoms with van der Waals surface area (Å²) in [7, 11) is -3.74. The molecule has 1 amide bonds. The molecule has 0 bridgehead atoms. The van der Waals surface area contributed by atoms with Gasteiger partial charge in [0.05, 0.1) is 22.1 Å². The van der Waals surface area contributed by atoms with Gasteiger partial charge in [0.2, 0.25) is 15.9 Å². The predicted molar refractivity (Wildman–Crippen MR) is 117 cm³/mol. The number of aryl methyl sites for hydroxylation is 2. The molecule has 0 spiro atoms. The van der Waals surface area contributed by atoms with Gasteiger partial charge >= 0.3 is 0 Å². The first-order valence-electron chi connectivity index (χ1n) is 9.19. The molecule has 0 saturated carbocycles. The largest absolute Gasteiger partial charge is 0.325 e. The topological polar surface area (TPSA) is 79.4 Å². The van der Waals surface area contributed by atoms with E-state index >= 15 is 0 Å². The molecule has 1 heterocycles. The molecule has 0 unspecified atom stereocenters. The molecule has 0 radical (unpaired) electrons. The van der Waals surface area contributed by atoms with E-state index in [4.69, 9.17) is 0 Å². The fraction of sp³-hybridized carbons (Fsp3) is 0.238. The van der Waals surface area contributed by atoms with Crippen LogP contribution in [0.2, 0.25) is 0 Å². The number of hydrogen-bond acceptors (Lipinski definition) is 5. The van der Waals surface area contributed by atoms with Crippen LogP contribution in [0.15, 0.2) is 58.8 Å². The molecular weight excluding hydrogens is 406 g/mol. The maximum Gasteiger partial charge on any atom is 0.243 e. The molecule has 0 aliphatic rings. The van der Waals surface area contributed by atoms with E-state index in [0.717, 1.165) is 21.8 Å². The molecule has 1 N–H and O–H groups in total. The van der Waals surface area contributed by atoms with Crippen molar-refractivity contribution in [3.63, 3.8) is 0 Å². The lowest BCUT2D eigenvalue weighted by molar-refractivity contribution is -0.116. The van der Waals surface area contributed by atoms with Gasteiger partial charge in [-0.3, -0.25) is 4.79 Å². The van der Waals surface area contributed by atoms with Gasteiger partial charge in [-0.05, 0) is 38.1 Å². The molecule has 2 aromatic carbocycles. The Labute approximate surface area is 175 Å². The van der Waals surface area contributed by atoms with E-state index < -0.39 is 15.9 Å². The van der Waals surface area contributed by atoms with Crippen LogP contribution < -0.4 is 5.32 Å². The van der Waals surface area contributed by atoms with E-state index in [1.54, 1.807) is 48.6 Å². The number of likely N-dealkylation sites (N-methyl/N-ethyl adjacent to an activating group) is 1. The second-order valence-corrected chi connectivity index (χ2v) is 9.63. The monoisotopic (exact) mass is 429 g/mol. The zero-order valence-electron chi connectivity index (χ0n) is 16.5. The summed E-state index contributed by atoms with van der Waals surface area (Å²) in [5.74, 6) is -0.394. The average molecular weight is 430 g/mol. The van der Waals surface area contributed by atoms with Gasteiger partial charge in [0.25, 0.3) is 0 Å². The molecule has 3 aromatic rings. The minimum Gasteiger partial charge on any atom is -0.325 e. The Morgan fingerprint density at radius 2 is 1.86 bits per heavy atom. The van der Waals surface area contributed by atoms with E-state index in [0.29, 0.717) is 5.69 Å². The van der Waals surface area contributed by atoms with Crippen molar-refractivity contribution >= 4 is 33.0 Å². The maximum absolute atomic E-state index is 12.8. The van der Waals surface area contributed by atoms with Gasteiger partial charge in [0.15, 0.2) is 0 Å². The van der Waals surface area contributed by atoms with E-state index in [1.165, 1.54) is 4.31 Å². The summed E-state index contributed by atoms with van der Waals surface area (Å²) in [6.45, 7) is 5.48. The number of carbonyl (C=O) groups is 1. The number of rotatable bonds is 7. The summed E-state index contributed by atoms with van der Waals surface area (Å²) >= 11 is 1.56. The molecule has 1 aromatic heterocycles. The second kappa shape index (κ2) is 8.86. The molecule has 6 nitrogen and oxygen atoms in total. The van der Waals surface area contributed by atoms with Crippen molar-refractivity contribution in [2.24, 2.45) is 0 Å². The number of amides is 1. The molecule has 152 valence electrons. The van der Waals surface area contributed by atoms with E-state index in [9.17, 15) is 13.2 Å². The molecule has 0 atom stereocenters. The highest BCUT2D eigenvalue weighted by atomic mass is 32.2. The lowest BCUT2D eigenvalue weighted by Crippen LogP contribution is -2.37. The predicted octanol–water partition coefficient (Wildman–Crippen LogP) is 4.08. The summed E-state index contributed by atoms with van der Waals surface area (Å²) in [5, 5.41) is 5.72. The summed E-state index contributed by atoms with van der Waals surface area (Å²) in [5.41, 5.74) is 3.31. The van der Waals surface area contributed by atoms with Crippen LogP contribution in [0.1, 0.15) is 17.5 Å². The van der Waals surface area contributed by atoms with Crippen LogP contribution in [-0.4, -0.2) is 36.7 Å². The van der Waals surface area contributed by atoms with Crippen LogP contribution in [0, 0.1) is 13.8 Å². The molecule has 3 rings (SSSR count). The van der Waals surface area contributed by atoms with Gasteiger partial charge in [-0.15, -0.1) is 11.3 Å². The highest BCUT2D eigenvalue weighted by molar-refractivity contribution is 7.89. The van der Waals surface area contributed by atoms with Gasteiger partial charge < -0.3 is 5.32 Å². The quantitative estimate of drug-likeness (QED) is 0.614. The Morgan fingerprint density at radius 3 is 2.48 bits per heavy atom. The summed E-state index contributed by atoms with van der Waals surface area (Å²) in [6, 6.07) is 14.0. The van der Waals surface area contributed by atoms with Crippen LogP contribution in [0.5, 0.6) is 0 Å². The Hall–Kier alpha value is -2.55. The summed E-state index contributed by atoms with van der Waals surface area (Å²) < 4.78 is 26.9. The third kappa shape index (κ3) is 5.09. The number of benzene rings is 2. The molecular formula is C21H23N3O3S2. The Balaban J connectivity index is 1.73. The number of sulfonamides is 1. The SMILES string of the molecule is CCN(CC(=O)Nc1cccc(-c2csc(C)n2)c1)S(=O)(=O)c1ccc(C)cc1. The molecule has 0 aliphatic heterocycles. The van der Waals surface area contributed by atoms with Crippen molar-refractivity contribution in [3.05, 3.63) is 64.5 Å². The lowest BCUT2D eigenvalue weighted by Gasteiger charge is -2.20. The minimum absolute atomic E-state index is 0.179. The Kier molecular flexibility index (Phi) is 6.46. The number of hydrogen-bond donors (Lipinski definition) is 1. The van der Waals surface area contributed by atoms with E-state index in [2.05, 4.69) is 10.3 Å². The maximum atomic E-state index is 12.8. The first-order chi connectivity index (χ1) is 13.8. The van der Waals surface area contributed by atoms with Crippen LogP contribution in [0.25, 0.3) is 11.3 Å². The third-order valence-electron chi connectivity index (χ3n) is 4.39. The van der Waals surface area contributed by atoms with Crippen LogP contribution in [0.3, 0.4) is 0 Å². The van der Waals surface area contributed by atoms with E-state index in [-0.39, 0.29) is 18.0 Å². The van der Waals surface area contributed by atoms with Gasteiger partial charge in [0.1, 0.15) is 0 Å². The van der Waals surface area contributed by atoms with E-state index in [1.807, 2.05) is 37.4 Å². The van der Waals surface area contributed by atoms with Gasteiger partial charge in [-0.25, -0.2) is 13.4 Å². The van der Waals surface area contributed by atoms with Crippen molar-refractivity contribution < 1.29 is 13.2 Å². The normalized spacial score (nSPS) is 11.6. The fourth-order valence-corrected chi connectivity index (χ4v) is 4.87. The number of aromatic nitrogens is 1. The second-order valence-electron chi connectivity index (χ2n) is 6.63. The summed E-state index contributed by atoms with van der Waals surface area (Å²) in [6.07, 6.45) is 0. The smallest absolute Gasteiger partial charge is 0.243 e. The standard InChI is InChI=1S/C21H23N3O3S2/c1-4-24(29(26,27)19-10-8-15(2)9-11-19)13-21(25)23-18-7-5-6-17(12-18)20-14-28-16(3)22-20/h5-12,14H,4,13H2,1-3H3,(H,23,25). The number of nitrogens with one attached hydrogen (secondary N) is 1. The van der Waals surface area contributed by atoms with Crippen molar-refractivity contribution in [1.82, 2.24) is 9.29 Å². The molecule has 8 heteroatoms. The van der Waals surface area contributed by atoms with Crippen molar-refractivity contribution in [2.45, 2.75) is 25.7 Å². The van der Waals surface area contributed by atoms with Gasteiger partial charge in [-0.2, -0.15) is 4.31 Å². The fourth-order valence-electron chi connectivity index (χ4n) is 2.84. The number of nitrogens with zero attached hydrogens (tertiary/aromatic N) is 2. The Bertz CT molecular complexity index is 1110. The zero-order valence-corrected chi connectivity index (χ0v) is 18.2.